The topological polar surface area (TPSA) is 71.2 Å². The van der Waals surface area contributed by atoms with E-state index in [4.69, 9.17) is 9.84 Å². The zero-order valence-corrected chi connectivity index (χ0v) is 22.3. The molecular weight excluding hydrogens is 448 g/mol. The molecule has 0 aromatic heterocycles. The number of ether oxygens (including phenoxy) is 1. The van der Waals surface area contributed by atoms with Gasteiger partial charge in [-0.2, -0.15) is 10.2 Å². The first kappa shape index (κ1) is 29.5. The van der Waals surface area contributed by atoms with Gasteiger partial charge in [-0.05, 0) is 55.0 Å². The molecule has 198 valence electrons. The van der Waals surface area contributed by atoms with E-state index in [1.54, 1.807) is 12.1 Å². The summed E-state index contributed by atoms with van der Waals surface area (Å²) in [6.07, 6.45) is 21.9. The fraction of sp³-hybridized carbons (Fsp3) is 0.581. The van der Waals surface area contributed by atoms with E-state index in [1.807, 2.05) is 24.3 Å². The Hall–Kier alpha value is -2.69. The molecule has 5 nitrogen and oxygen atoms in total. The van der Waals surface area contributed by atoms with E-state index in [9.17, 15) is 4.79 Å². The van der Waals surface area contributed by atoms with Gasteiger partial charge < -0.3 is 9.84 Å². The van der Waals surface area contributed by atoms with Gasteiger partial charge in [0.2, 0.25) is 0 Å². The minimum absolute atomic E-state index is 0.236. The van der Waals surface area contributed by atoms with Gasteiger partial charge in [0.1, 0.15) is 5.75 Å². The van der Waals surface area contributed by atoms with Crippen LogP contribution in [-0.4, -0.2) is 17.7 Å². The minimum Gasteiger partial charge on any atom is -0.494 e. The number of carboxylic acids is 1. The van der Waals surface area contributed by atoms with Crippen molar-refractivity contribution in [1.29, 1.82) is 0 Å². The van der Waals surface area contributed by atoms with E-state index in [-0.39, 0.29) is 5.56 Å². The Morgan fingerprint density at radius 1 is 0.611 bits per heavy atom. The third kappa shape index (κ3) is 14.0. The Labute approximate surface area is 218 Å². The van der Waals surface area contributed by atoms with Crippen molar-refractivity contribution in [2.24, 2.45) is 10.2 Å². The second kappa shape index (κ2) is 19.5. The zero-order valence-electron chi connectivity index (χ0n) is 22.3. The molecule has 36 heavy (non-hydrogen) atoms. The predicted octanol–water partition coefficient (Wildman–Crippen LogP) is 10.4. The Morgan fingerprint density at radius 3 is 1.42 bits per heavy atom. The van der Waals surface area contributed by atoms with Crippen LogP contribution in [0.3, 0.4) is 0 Å². The molecule has 0 atom stereocenters. The van der Waals surface area contributed by atoms with Crippen LogP contribution in [0.2, 0.25) is 0 Å². The molecule has 2 rings (SSSR count). The van der Waals surface area contributed by atoms with Crippen molar-refractivity contribution < 1.29 is 14.6 Å². The first-order valence-corrected chi connectivity index (χ1v) is 14.2. The van der Waals surface area contributed by atoms with Gasteiger partial charge in [0, 0.05) is 0 Å². The third-order valence-electron chi connectivity index (χ3n) is 6.50. The van der Waals surface area contributed by atoms with Gasteiger partial charge in [0.15, 0.2) is 0 Å². The maximum atomic E-state index is 10.9. The summed E-state index contributed by atoms with van der Waals surface area (Å²) in [5.41, 5.74) is 1.58. The molecule has 0 aliphatic rings. The van der Waals surface area contributed by atoms with Gasteiger partial charge in [0.25, 0.3) is 0 Å². The van der Waals surface area contributed by atoms with E-state index in [0.717, 1.165) is 24.5 Å². The Balaban J connectivity index is 1.42. The molecule has 5 heteroatoms. The van der Waals surface area contributed by atoms with E-state index >= 15 is 0 Å². The van der Waals surface area contributed by atoms with Crippen LogP contribution < -0.4 is 4.74 Å². The van der Waals surface area contributed by atoms with Crippen molar-refractivity contribution in [3.8, 4) is 5.75 Å². The highest BCUT2D eigenvalue weighted by Gasteiger charge is 2.01. The van der Waals surface area contributed by atoms with Crippen molar-refractivity contribution in [2.75, 3.05) is 6.61 Å². The molecule has 0 saturated carbocycles. The number of azo groups is 1. The van der Waals surface area contributed by atoms with Crippen molar-refractivity contribution in [1.82, 2.24) is 0 Å². The summed E-state index contributed by atoms with van der Waals surface area (Å²) in [5.74, 6) is -0.102. The fourth-order valence-electron chi connectivity index (χ4n) is 4.24. The standard InChI is InChI=1S/C31H46N2O3/c1-2-3-4-5-6-7-8-9-10-11-12-13-14-15-16-17-26-36-30-24-22-29(23-25-30)33-32-28-20-18-27(19-21-28)31(34)35/h18-25H,2-17,26H2,1H3,(H,34,35). The molecule has 0 radical (unpaired) electrons. The molecule has 2 aromatic carbocycles. The second-order valence-electron chi connectivity index (χ2n) is 9.70. The molecule has 0 aliphatic heterocycles. The Kier molecular flexibility index (Phi) is 16.0. The molecule has 0 bridgehead atoms. The van der Waals surface area contributed by atoms with Crippen LogP contribution in [0.1, 0.15) is 120 Å². The number of unbranched alkanes of at least 4 members (excludes halogenated alkanes) is 15. The van der Waals surface area contributed by atoms with Gasteiger partial charge in [-0.3, -0.25) is 0 Å². The summed E-state index contributed by atoms with van der Waals surface area (Å²) in [6.45, 7) is 3.03. The van der Waals surface area contributed by atoms with Gasteiger partial charge in [-0.15, -0.1) is 0 Å². The van der Waals surface area contributed by atoms with Gasteiger partial charge in [-0.25, -0.2) is 4.79 Å². The second-order valence-corrected chi connectivity index (χ2v) is 9.70. The van der Waals surface area contributed by atoms with Crippen LogP contribution >= 0.6 is 0 Å². The molecule has 0 amide bonds. The van der Waals surface area contributed by atoms with E-state index < -0.39 is 5.97 Å². The van der Waals surface area contributed by atoms with Crippen molar-refractivity contribution in [3.05, 3.63) is 54.1 Å². The number of hydrogen-bond acceptors (Lipinski definition) is 4. The average Bonchev–Trinajstić information content (AvgIpc) is 2.90. The SMILES string of the molecule is CCCCCCCCCCCCCCCCCCOc1ccc(N=Nc2ccc(C(=O)O)cc2)cc1. The largest absolute Gasteiger partial charge is 0.494 e. The first-order chi connectivity index (χ1) is 17.7. The van der Waals surface area contributed by atoms with Crippen LogP contribution in [0.4, 0.5) is 11.4 Å². The van der Waals surface area contributed by atoms with Crippen molar-refractivity contribution >= 4 is 17.3 Å². The number of hydrogen-bond donors (Lipinski definition) is 1. The molecule has 2 aromatic rings. The maximum absolute atomic E-state index is 10.9. The molecule has 0 unspecified atom stereocenters. The van der Waals surface area contributed by atoms with Crippen LogP contribution in [0, 0.1) is 0 Å². The smallest absolute Gasteiger partial charge is 0.335 e. The number of carboxylic acid groups (broad SMARTS) is 1. The number of benzene rings is 2. The molecule has 0 aliphatic carbocycles. The lowest BCUT2D eigenvalue weighted by Crippen LogP contribution is -1.96. The van der Waals surface area contributed by atoms with Gasteiger partial charge >= 0.3 is 5.97 Å². The van der Waals surface area contributed by atoms with Gasteiger partial charge in [0.05, 0.1) is 23.5 Å². The fourth-order valence-corrected chi connectivity index (χ4v) is 4.24. The number of aromatic carboxylic acids is 1. The molecule has 0 spiro atoms. The van der Waals surface area contributed by atoms with E-state index in [0.29, 0.717) is 5.69 Å². The normalized spacial score (nSPS) is 11.2. The summed E-state index contributed by atoms with van der Waals surface area (Å²) in [6, 6.07) is 13.9. The highest BCUT2D eigenvalue weighted by molar-refractivity contribution is 5.87. The van der Waals surface area contributed by atoms with E-state index in [1.165, 1.54) is 108 Å². The van der Waals surface area contributed by atoms with Crippen LogP contribution in [0.15, 0.2) is 58.8 Å². The Morgan fingerprint density at radius 2 is 1.00 bits per heavy atom. The summed E-state index contributed by atoms with van der Waals surface area (Å²) < 4.78 is 5.85. The molecule has 0 heterocycles. The average molecular weight is 495 g/mol. The molecule has 1 N–H and O–H groups in total. The monoisotopic (exact) mass is 494 g/mol. The molecular formula is C31H46N2O3. The minimum atomic E-state index is -0.950. The zero-order chi connectivity index (χ0) is 25.7. The predicted molar refractivity (Wildman–Crippen MR) is 149 cm³/mol. The maximum Gasteiger partial charge on any atom is 0.335 e. The lowest BCUT2D eigenvalue weighted by atomic mass is 10.0. The number of rotatable bonds is 21. The van der Waals surface area contributed by atoms with Crippen LogP contribution in [0.25, 0.3) is 0 Å². The van der Waals surface area contributed by atoms with Crippen LogP contribution in [0.5, 0.6) is 5.75 Å². The summed E-state index contributed by atoms with van der Waals surface area (Å²) in [4.78, 5) is 10.9. The number of nitrogens with zero attached hydrogens (tertiary/aromatic N) is 2. The molecule has 0 fully saturated rings. The van der Waals surface area contributed by atoms with Crippen molar-refractivity contribution in [2.45, 2.75) is 110 Å². The Bertz CT molecular complexity index is 847. The molecule has 0 saturated heterocycles. The first-order valence-electron chi connectivity index (χ1n) is 14.2. The lowest BCUT2D eigenvalue weighted by Gasteiger charge is -2.06. The quantitative estimate of drug-likeness (QED) is 0.138. The highest BCUT2D eigenvalue weighted by Crippen LogP contribution is 2.22. The summed E-state index contributed by atoms with van der Waals surface area (Å²) in [7, 11) is 0. The highest BCUT2D eigenvalue weighted by atomic mass is 16.5. The summed E-state index contributed by atoms with van der Waals surface area (Å²) >= 11 is 0. The summed E-state index contributed by atoms with van der Waals surface area (Å²) in [5, 5.41) is 17.3. The van der Waals surface area contributed by atoms with Crippen LogP contribution in [-0.2, 0) is 0 Å². The van der Waals surface area contributed by atoms with Gasteiger partial charge in [-0.1, -0.05) is 103 Å². The van der Waals surface area contributed by atoms with Crippen molar-refractivity contribution in [3.63, 3.8) is 0 Å². The number of carbonyl (C=O) groups is 1. The van der Waals surface area contributed by atoms with E-state index in [2.05, 4.69) is 17.2 Å². The lowest BCUT2D eigenvalue weighted by molar-refractivity contribution is 0.0697. The third-order valence-corrected chi connectivity index (χ3v) is 6.50.